The summed E-state index contributed by atoms with van der Waals surface area (Å²) in [5.74, 6) is 0. The Kier molecular flexibility index (Phi) is 1.28. The molecule has 2 aromatic heterocycles. The molecule has 0 aliphatic heterocycles. The highest BCUT2D eigenvalue weighted by atomic mass is 32.9. The van der Waals surface area contributed by atoms with E-state index in [9.17, 15) is 4.79 Å². The van der Waals surface area contributed by atoms with Gasteiger partial charge in [0.25, 0.3) is 0 Å². The Morgan fingerprint density at radius 3 is 2.90 bits per heavy atom. The molecule has 2 nitrogen and oxygen atoms in total. The number of aromatic nitrogens is 1. The van der Waals surface area contributed by atoms with Crippen molar-refractivity contribution in [2.24, 2.45) is 0 Å². The summed E-state index contributed by atoms with van der Waals surface area (Å²) < 4.78 is 2.20. The van der Waals surface area contributed by atoms with Crippen molar-refractivity contribution in [3.63, 3.8) is 0 Å². The summed E-state index contributed by atoms with van der Waals surface area (Å²) in [7, 11) is 3.28. The molecule has 0 aliphatic carbocycles. The minimum absolute atomic E-state index is 0.571. The number of hydrogen-bond acceptors (Lipinski definition) is 4. The summed E-state index contributed by atoms with van der Waals surface area (Å²) >= 11 is 0. The Morgan fingerprint density at radius 1 is 1.50 bits per heavy atom. The average Bonchev–Trinajstić information content (AvgIpc) is 1.91. The van der Waals surface area contributed by atoms with Gasteiger partial charge in [0.2, 0.25) is 0 Å². The Balaban J connectivity index is 2.78. The van der Waals surface area contributed by atoms with Gasteiger partial charge in [0.15, 0.2) is 6.29 Å². The molecule has 0 aromatic carbocycles. The zero-order valence-corrected chi connectivity index (χ0v) is 6.54. The Morgan fingerprint density at radius 2 is 2.40 bits per heavy atom. The summed E-state index contributed by atoms with van der Waals surface area (Å²) in [4.78, 5) is 14.2. The van der Waals surface area contributed by atoms with E-state index in [0.717, 1.165) is 11.0 Å². The van der Waals surface area contributed by atoms with Crippen molar-refractivity contribution in [3.05, 3.63) is 18.0 Å². The molecule has 0 spiro atoms. The van der Waals surface area contributed by atoms with Crippen LogP contribution in [-0.2, 0) is 0 Å². The molecule has 0 atom stereocenters. The van der Waals surface area contributed by atoms with E-state index < -0.39 is 0 Å². The lowest BCUT2D eigenvalue weighted by Crippen LogP contribution is -1.85. The van der Waals surface area contributed by atoms with Crippen molar-refractivity contribution in [1.29, 1.82) is 0 Å². The monoisotopic (exact) mass is 169 g/mol. The molecule has 0 bridgehead atoms. The number of carbonyl (C=O) groups is 1. The lowest BCUT2D eigenvalue weighted by molar-refractivity contribution is 0.112. The van der Waals surface area contributed by atoms with Crippen molar-refractivity contribution in [2.75, 3.05) is 0 Å². The van der Waals surface area contributed by atoms with Crippen LogP contribution in [0.1, 0.15) is 10.5 Å². The largest absolute Gasteiger partial charge is 0.296 e. The third-order valence-corrected chi connectivity index (χ3v) is 3.84. The second-order valence-electron chi connectivity index (χ2n) is 1.81. The standard InChI is InChI=1S/C6H3NOS2/c8-3-4-6-5(9-10-6)1-2-7-4/h1-3H. The van der Waals surface area contributed by atoms with Gasteiger partial charge in [-0.1, -0.05) is 20.7 Å². The van der Waals surface area contributed by atoms with E-state index in [2.05, 4.69) is 4.98 Å². The van der Waals surface area contributed by atoms with Crippen LogP contribution in [0.25, 0.3) is 9.40 Å². The number of pyridine rings is 1. The third kappa shape index (κ3) is 0.693. The zero-order chi connectivity index (χ0) is 6.97. The topological polar surface area (TPSA) is 30.0 Å². The fourth-order valence-electron chi connectivity index (χ4n) is 0.732. The molecule has 0 fully saturated rings. The molecule has 0 radical (unpaired) electrons. The normalized spacial score (nSPS) is 10.4. The fourth-order valence-corrected chi connectivity index (χ4v) is 2.68. The highest BCUT2D eigenvalue weighted by Gasteiger charge is 2.04. The van der Waals surface area contributed by atoms with E-state index in [-0.39, 0.29) is 0 Å². The van der Waals surface area contributed by atoms with Crippen molar-refractivity contribution in [1.82, 2.24) is 4.98 Å². The van der Waals surface area contributed by atoms with Crippen molar-refractivity contribution in [3.8, 4) is 0 Å². The van der Waals surface area contributed by atoms with Crippen LogP contribution < -0.4 is 0 Å². The van der Waals surface area contributed by atoms with Gasteiger partial charge in [0.1, 0.15) is 5.69 Å². The number of aldehydes is 1. The predicted octanol–water partition coefficient (Wildman–Crippen LogP) is 2.17. The minimum atomic E-state index is 0.571. The van der Waals surface area contributed by atoms with Crippen LogP contribution in [0.3, 0.4) is 0 Å². The first-order chi connectivity index (χ1) is 4.92. The van der Waals surface area contributed by atoms with Gasteiger partial charge in [-0.25, -0.2) is 0 Å². The first-order valence-corrected chi connectivity index (χ1v) is 4.85. The van der Waals surface area contributed by atoms with Gasteiger partial charge in [0, 0.05) is 6.20 Å². The highest BCUT2D eigenvalue weighted by molar-refractivity contribution is 7.78. The second-order valence-corrected chi connectivity index (χ2v) is 3.99. The zero-order valence-electron chi connectivity index (χ0n) is 4.90. The Bertz CT molecular complexity index is 362. The molecular formula is C6H3NOS2. The molecule has 2 heterocycles. The van der Waals surface area contributed by atoms with Crippen LogP contribution in [-0.4, -0.2) is 11.3 Å². The minimum Gasteiger partial charge on any atom is -0.296 e. The van der Waals surface area contributed by atoms with Crippen molar-refractivity contribution in [2.45, 2.75) is 0 Å². The number of rotatable bonds is 1. The van der Waals surface area contributed by atoms with Gasteiger partial charge < -0.3 is 0 Å². The smallest absolute Gasteiger partial charge is 0.169 e. The van der Waals surface area contributed by atoms with Crippen LogP contribution in [0.5, 0.6) is 0 Å². The molecule has 0 N–H and O–H groups in total. The molecule has 0 aliphatic rings. The van der Waals surface area contributed by atoms with Crippen molar-refractivity contribution < 1.29 is 4.79 Å². The molecular weight excluding hydrogens is 166 g/mol. The van der Waals surface area contributed by atoms with Crippen molar-refractivity contribution >= 4 is 36.4 Å². The molecule has 0 amide bonds. The summed E-state index contributed by atoms with van der Waals surface area (Å²) in [5, 5.41) is 0. The molecule has 0 unspecified atom stereocenters. The number of carbonyl (C=O) groups excluding carboxylic acids is 1. The number of hydrogen-bond donors (Lipinski definition) is 0. The van der Waals surface area contributed by atoms with Crippen LogP contribution in [0.4, 0.5) is 0 Å². The van der Waals surface area contributed by atoms with Gasteiger partial charge in [0.05, 0.1) is 9.40 Å². The van der Waals surface area contributed by atoms with Gasteiger partial charge in [-0.05, 0) is 6.07 Å². The lowest BCUT2D eigenvalue weighted by Gasteiger charge is -1.98. The fraction of sp³-hybridized carbons (Fsp3) is 0. The molecule has 50 valence electrons. The third-order valence-electron chi connectivity index (χ3n) is 1.22. The summed E-state index contributed by atoms with van der Waals surface area (Å²) in [6, 6.07) is 1.92. The van der Waals surface area contributed by atoms with Crippen LogP contribution in [0, 0.1) is 0 Å². The van der Waals surface area contributed by atoms with E-state index in [0.29, 0.717) is 5.69 Å². The average molecular weight is 169 g/mol. The van der Waals surface area contributed by atoms with E-state index in [1.807, 2.05) is 6.07 Å². The van der Waals surface area contributed by atoms with Crippen LogP contribution in [0.15, 0.2) is 12.3 Å². The van der Waals surface area contributed by atoms with Gasteiger partial charge in [-0.15, -0.1) is 0 Å². The van der Waals surface area contributed by atoms with Gasteiger partial charge in [-0.3, -0.25) is 9.78 Å². The van der Waals surface area contributed by atoms with E-state index in [1.165, 1.54) is 4.70 Å². The maximum Gasteiger partial charge on any atom is 0.169 e. The molecule has 2 aromatic rings. The highest BCUT2D eigenvalue weighted by Crippen LogP contribution is 2.32. The quantitative estimate of drug-likeness (QED) is 0.483. The first-order valence-electron chi connectivity index (χ1n) is 2.70. The van der Waals surface area contributed by atoms with E-state index >= 15 is 0 Å². The first kappa shape index (κ1) is 6.00. The van der Waals surface area contributed by atoms with E-state index in [1.54, 1.807) is 26.9 Å². The molecule has 2 rings (SSSR count). The SMILES string of the molecule is O=Cc1nccc2ssc12. The maximum atomic E-state index is 10.3. The van der Waals surface area contributed by atoms with Crippen LogP contribution >= 0.6 is 20.7 Å². The Hall–Kier alpha value is -0.740. The van der Waals surface area contributed by atoms with E-state index in [4.69, 9.17) is 0 Å². The molecule has 0 saturated carbocycles. The summed E-state index contributed by atoms with van der Waals surface area (Å²) in [5.41, 5.74) is 0.571. The number of nitrogens with zero attached hydrogens (tertiary/aromatic N) is 1. The summed E-state index contributed by atoms with van der Waals surface area (Å²) in [6.07, 6.45) is 2.46. The lowest BCUT2D eigenvalue weighted by atomic mass is 10.4. The van der Waals surface area contributed by atoms with Gasteiger partial charge >= 0.3 is 0 Å². The number of fused-ring (bicyclic) bond motifs is 1. The second kappa shape index (κ2) is 2.14. The maximum absolute atomic E-state index is 10.3. The molecule has 0 saturated heterocycles. The van der Waals surface area contributed by atoms with Gasteiger partial charge in [-0.2, -0.15) is 0 Å². The van der Waals surface area contributed by atoms with Crippen LogP contribution in [0.2, 0.25) is 0 Å². The molecule has 4 heteroatoms. The Labute approximate surface area is 64.5 Å². The predicted molar refractivity (Wildman–Crippen MR) is 42.9 cm³/mol. The summed E-state index contributed by atoms with van der Waals surface area (Å²) in [6.45, 7) is 0. The molecule has 10 heavy (non-hydrogen) atoms.